The average Bonchev–Trinajstić information content (AvgIpc) is 2.76. The van der Waals surface area contributed by atoms with Crippen molar-refractivity contribution in [3.05, 3.63) is 49.1 Å². The molecule has 0 saturated heterocycles. The van der Waals surface area contributed by atoms with E-state index in [9.17, 15) is 0 Å². The third kappa shape index (κ3) is 3.53. The van der Waals surface area contributed by atoms with Crippen LogP contribution in [-0.2, 0) is 6.54 Å². The smallest absolute Gasteiger partial charge is 0.0760 e. The van der Waals surface area contributed by atoms with Crippen LogP contribution < -0.4 is 5.32 Å². The summed E-state index contributed by atoms with van der Waals surface area (Å²) in [6.45, 7) is 5.94. The van der Waals surface area contributed by atoms with Crippen LogP contribution in [0.15, 0.2) is 37.8 Å². The first-order valence-electron chi connectivity index (χ1n) is 6.47. The van der Waals surface area contributed by atoms with Gasteiger partial charge in [-0.2, -0.15) is 5.10 Å². The van der Waals surface area contributed by atoms with Gasteiger partial charge in [-0.3, -0.25) is 4.68 Å². The van der Waals surface area contributed by atoms with Gasteiger partial charge < -0.3 is 5.32 Å². The van der Waals surface area contributed by atoms with E-state index in [0.29, 0.717) is 0 Å². The monoisotopic (exact) mass is 463 g/mol. The zero-order valence-electron chi connectivity index (χ0n) is 11.3. The predicted octanol–water partition coefficient (Wildman–Crippen LogP) is 4.89. The summed E-state index contributed by atoms with van der Waals surface area (Å²) in [7, 11) is 0. The van der Waals surface area contributed by atoms with Gasteiger partial charge in [0.2, 0.25) is 0 Å². The Balaban J connectivity index is 2.52. The minimum atomic E-state index is 0.102. The lowest BCUT2D eigenvalue weighted by atomic mass is 10.0. The number of nitrogens with zero attached hydrogens (tertiary/aromatic N) is 2. The summed E-state index contributed by atoms with van der Waals surface area (Å²) in [5.74, 6) is 0. The van der Waals surface area contributed by atoms with E-state index in [1.165, 1.54) is 5.56 Å². The van der Waals surface area contributed by atoms with E-state index in [2.05, 4.69) is 84.2 Å². The average molecular weight is 466 g/mol. The van der Waals surface area contributed by atoms with E-state index in [1.54, 1.807) is 0 Å². The Bertz CT molecular complexity index is 575. The van der Waals surface area contributed by atoms with Gasteiger partial charge in [0.15, 0.2) is 0 Å². The fraction of sp³-hybridized carbons (Fsp3) is 0.357. The Hall–Kier alpha value is -0.170. The van der Waals surface area contributed by atoms with Gasteiger partial charge >= 0.3 is 0 Å². The second kappa shape index (κ2) is 7.20. The standard InChI is InChI=1S/C14H16Br3N3/c1-3-18-13(9-5-10(15)7-11(16)6-9)14-12(17)8-19-20(14)4-2/h5-8,13,18H,3-4H2,1-2H3. The molecule has 0 aliphatic heterocycles. The largest absolute Gasteiger partial charge is 0.305 e. The van der Waals surface area contributed by atoms with Gasteiger partial charge in [0.05, 0.1) is 22.4 Å². The van der Waals surface area contributed by atoms with Crippen LogP contribution in [0, 0.1) is 0 Å². The molecule has 1 heterocycles. The van der Waals surface area contributed by atoms with Gasteiger partial charge in [0.1, 0.15) is 0 Å². The van der Waals surface area contributed by atoms with Gasteiger partial charge in [-0.05, 0) is 53.2 Å². The van der Waals surface area contributed by atoms with Crippen LogP contribution in [0.25, 0.3) is 0 Å². The molecule has 1 aromatic carbocycles. The second-order valence-corrected chi connectivity index (χ2v) is 7.07. The first-order chi connectivity index (χ1) is 9.56. The van der Waals surface area contributed by atoms with Crippen molar-refractivity contribution in [3.63, 3.8) is 0 Å². The fourth-order valence-corrected chi connectivity index (χ4v) is 4.08. The Morgan fingerprint density at radius 2 is 1.80 bits per heavy atom. The quantitative estimate of drug-likeness (QED) is 0.681. The van der Waals surface area contributed by atoms with Gasteiger partial charge in [0, 0.05) is 15.5 Å². The summed E-state index contributed by atoms with van der Waals surface area (Å²) in [6, 6.07) is 6.42. The minimum absolute atomic E-state index is 0.102. The molecule has 108 valence electrons. The van der Waals surface area contributed by atoms with Crippen molar-refractivity contribution >= 4 is 47.8 Å². The summed E-state index contributed by atoms with van der Waals surface area (Å²) in [4.78, 5) is 0. The van der Waals surface area contributed by atoms with E-state index >= 15 is 0 Å². The SMILES string of the molecule is CCNC(c1cc(Br)cc(Br)c1)c1c(Br)cnn1CC. The van der Waals surface area contributed by atoms with Gasteiger partial charge in [-0.25, -0.2) is 0 Å². The Labute approximate surface area is 144 Å². The maximum absolute atomic E-state index is 4.41. The molecule has 6 heteroatoms. The van der Waals surface area contributed by atoms with Gasteiger partial charge in [-0.15, -0.1) is 0 Å². The molecule has 20 heavy (non-hydrogen) atoms. The van der Waals surface area contributed by atoms with Crippen LogP contribution in [0.1, 0.15) is 31.1 Å². The molecule has 0 saturated carbocycles. The van der Waals surface area contributed by atoms with E-state index in [-0.39, 0.29) is 6.04 Å². The number of benzene rings is 1. The molecule has 0 radical (unpaired) electrons. The van der Waals surface area contributed by atoms with Crippen LogP contribution >= 0.6 is 47.8 Å². The highest BCUT2D eigenvalue weighted by Crippen LogP contribution is 2.32. The number of aromatic nitrogens is 2. The number of rotatable bonds is 5. The first-order valence-corrected chi connectivity index (χ1v) is 8.85. The zero-order chi connectivity index (χ0) is 14.7. The Kier molecular flexibility index (Phi) is 5.84. The highest BCUT2D eigenvalue weighted by molar-refractivity contribution is 9.11. The molecule has 0 fully saturated rings. The van der Waals surface area contributed by atoms with Crippen molar-refractivity contribution in [2.75, 3.05) is 6.54 Å². The van der Waals surface area contributed by atoms with Crippen LogP contribution in [0.2, 0.25) is 0 Å². The van der Waals surface area contributed by atoms with Crippen molar-refractivity contribution in [3.8, 4) is 0 Å². The molecular weight excluding hydrogens is 450 g/mol. The molecule has 0 bridgehead atoms. The number of hydrogen-bond acceptors (Lipinski definition) is 2. The highest BCUT2D eigenvalue weighted by atomic mass is 79.9. The molecular formula is C14H16Br3N3. The van der Waals surface area contributed by atoms with E-state index in [0.717, 1.165) is 32.2 Å². The Morgan fingerprint density at radius 1 is 1.15 bits per heavy atom. The minimum Gasteiger partial charge on any atom is -0.305 e. The predicted molar refractivity (Wildman–Crippen MR) is 93.0 cm³/mol. The molecule has 1 atom stereocenters. The summed E-state index contributed by atoms with van der Waals surface area (Å²) in [5, 5.41) is 7.95. The van der Waals surface area contributed by atoms with E-state index < -0.39 is 0 Å². The molecule has 2 aromatic rings. The molecule has 0 amide bonds. The molecule has 1 aromatic heterocycles. The summed E-state index contributed by atoms with van der Waals surface area (Å²) >= 11 is 10.7. The maximum atomic E-state index is 4.41. The molecule has 0 aliphatic carbocycles. The van der Waals surface area contributed by atoms with Crippen LogP contribution in [-0.4, -0.2) is 16.3 Å². The highest BCUT2D eigenvalue weighted by Gasteiger charge is 2.21. The lowest BCUT2D eigenvalue weighted by Gasteiger charge is -2.21. The summed E-state index contributed by atoms with van der Waals surface area (Å²) in [5.41, 5.74) is 2.35. The van der Waals surface area contributed by atoms with E-state index in [4.69, 9.17) is 0 Å². The number of hydrogen-bond donors (Lipinski definition) is 1. The Morgan fingerprint density at radius 3 is 2.35 bits per heavy atom. The van der Waals surface area contributed by atoms with Crippen LogP contribution in [0.4, 0.5) is 0 Å². The summed E-state index contributed by atoms with van der Waals surface area (Å²) < 4.78 is 5.17. The van der Waals surface area contributed by atoms with Gasteiger partial charge in [0.25, 0.3) is 0 Å². The van der Waals surface area contributed by atoms with Crippen molar-refractivity contribution in [2.24, 2.45) is 0 Å². The fourth-order valence-electron chi connectivity index (χ4n) is 2.23. The van der Waals surface area contributed by atoms with Crippen LogP contribution in [0.5, 0.6) is 0 Å². The zero-order valence-corrected chi connectivity index (χ0v) is 16.1. The number of nitrogens with one attached hydrogen (secondary N) is 1. The van der Waals surface area contributed by atoms with Crippen LogP contribution in [0.3, 0.4) is 0 Å². The second-order valence-electron chi connectivity index (χ2n) is 4.39. The topological polar surface area (TPSA) is 29.9 Å². The summed E-state index contributed by atoms with van der Waals surface area (Å²) in [6.07, 6.45) is 1.86. The molecule has 1 unspecified atom stereocenters. The van der Waals surface area contributed by atoms with Crippen molar-refractivity contribution in [1.82, 2.24) is 15.1 Å². The molecule has 0 spiro atoms. The molecule has 1 N–H and O–H groups in total. The third-order valence-electron chi connectivity index (χ3n) is 3.03. The van der Waals surface area contributed by atoms with Crippen molar-refractivity contribution in [2.45, 2.75) is 26.4 Å². The molecule has 0 aliphatic rings. The molecule has 2 rings (SSSR count). The third-order valence-corrected chi connectivity index (χ3v) is 4.56. The van der Waals surface area contributed by atoms with Crippen molar-refractivity contribution < 1.29 is 0 Å². The number of halogens is 3. The normalized spacial score (nSPS) is 12.7. The van der Waals surface area contributed by atoms with Crippen molar-refractivity contribution in [1.29, 1.82) is 0 Å². The maximum Gasteiger partial charge on any atom is 0.0760 e. The van der Waals surface area contributed by atoms with Gasteiger partial charge in [-0.1, -0.05) is 38.8 Å². The number of aryl methyl sites for hydroxylation is 1. The first kappa shape index (κ1) is 16.2. The molecule has 3 nitrogen and oxygen atoms in total. The van der Waals surface area contributed by atoms with E-state index in [1.807, 2.05) is 16.9 Å². The lowest BCUT2D eigenvalue weighted by Crippen LogP contribution is -2.25. The lowest BCUT2D eigenvalue weighted by molar-refractivity contribution is 0.540.